The van der Waals surface area contributed by atoms with Gasteiger partial charge in [-0.2, -0.15) is 0 Å². The average Bonchev–Trinajstić information content (AvgIpc) is 2.68. The maximum Gasteiger partial charge on any atom is 0.304 e. The predicted octanol–water partition coefficient (Wildman–Crippen LogP) is 4.50. The van der Waals surface area contributed by atoms with Crippen molar-refractivity contribution < 1.29 is 19.4 Å². The van der Waals surface area contributed by atoms with Crippen molar-refractivity contribution in [3.63, 3.8) is 0 Å². The van der Waals surface area contributed by atoms with Crippen molar-refractivity contribution in [2.24, 2.45) is 0 Å². The van der Waals surface area contributed by atoms with Crippen LogP contribution in [-0.4, -0.2) is 42.2 Å². The molecule has 0 saturated carbocycles. The van der Waals surface area contributed by atoms with Gasteiger partial charge in [-0.3, -0.25) is 9.69 Å². The minimum absolute atomic E-state index is 0. The molecule has 1 saturated heterocycles. The molecular weight excluding hydrogens is 401 g/mol. The van der Waals surface area contributed by atoms with Gasteiger partial charge in [-0.15, -0.1) is 12.4 Å². The number of carbonyl (C=O) groups is 1. The van der Waals surface area contributed by atoms with E-state index in [1.807, 2.05) is 49.4 Å². The summed E-state index contributed by atoms with van der Waals surface area (Å²) < 4.78 is 11.7. The largest absolute Gasteiger partial charge is 0.489 e. The molecule has 0 radical (unpaired) electrons. The van der Waals surface area contributed by atoms with Crippen LogP contribution >= 0.6 is 24.0 Å². The molecule has 0 bridgehead atoms. The fourth-order valence-corrected chi connectivity index (χ4v) is 3.29. The first-order valence-corrected chi connectivity index (χ1v) is 9.42. The summed E-state index contributed by atoms with van der Waals surface area (Å²) in [6, 6.07) is 13.7. The Labute approximate surface area is 176 Å². The monoisotopic (exact) mass is 425 g/mol. The number of carboxylic acid groups (broad SMARTS) is 1. The minimum Gasteiger partial charge on any atom is -0.489 e. The molecule has 7 heteroatoms. The van der Waals surface area contributed by atoms with E-state index in [0.717, 1.165) is 29.0 Å². The molecule has 1 aliphatic heterocycles. The Morgan fingerprint density at radius 2 is 2.04 bits per heavy atom. The summed E-state index contributed by atoms with van der Waals surface area (Å²) in [6.07, 6.45) is 0.105. The van der Waals surface area contributed by atoms with Crippen LogP contribution in [-0.2, 0) is 16.1 Å². The number of nitrogens with zero attached hydrogens (tertiary/aromatic N) is 1. The van der Waals surface area contributed by atoms with Crippen LogP contribution in [0, 0.1) is 6.92 Å². The van der Waals surface area contributed by atoms with Gasteiger partial charge in [0.25, 0.3) is 0 Å². The van der Waals surface area contributed by atoms with Crippen molar-refractivity contribution >= 4 is 30.0 Å². The zero-order chi connectivity index (χ0) is 19.2. The number of aliphatic carboxylic acids is 1. The number of hydrogen-bond acceptors (Lipinski definition) is 4. The molecule has 1 atom stereocenters. The van der Waals surface area contributed by atoms with E-state index in [4.69, 9.17) is 26.2 Å². The van der Waals surface area contributed by atoms with E-state index in [1.54, 1.807) is 0 Å². The first-order valence-electron chi connectivity index (χ1n) is 9.05. The third-order valence-electron chi connectivity index (χ3n) is 4.64. The Kier molecular flexibility index (Phi) is 8.58. The van der Waals surface area contributed by atoms with Gasteiger partial charge in [0.2, 0.25) is 0 Å². The van der Waals surface area contributed by atoms with E-state index in [1.165, 1.54) is 0 Å². The number of rotatable bonds is 7. The van der Waals surface area contributed by atoms with Gasteiger partial charge in [0.1, 0.15) is 12.4 Å². The van der Waals surface area contributed by atoms with Gasteiger partial charge in [0.05, 0.1) is 19.1 Å². The van der Waals surface area contributed by atoms with Crippen LogP contribution in [0.25, 0.3) is 0 Å². The lowest BCUT2D eigenvalue weighted by Crippen LogP contribution is -2.39. The molecule has 2 aromatic rings. The van der Waals surface area contributed by atoms with Gasteiger partial charge in [0.15, 0.2) is 0 Å². The van der Waals surface area contributed by atoms with Crippen LogP contribution in [0.4, 0.5) is 0 Å². The topological polar surface area (TPSA) is 59.0 Å². The van der Waals surface area contributed by atoms with Gasteiger partial charge >= 0.3 is 5.97 Å². The van der Waals surface area contributed by atoms with Crippen molar-refractivity contribution in [1.82, 2.24) is 4.90 Å². The highest BCUT2D eigenvalue weighted by atomic mass is 35.5. The Bertz CT molecular complexity index is 782. The van der Waals surface area contributed by atoms with E-state index < -0.39 is 5.97 Å². The second-order valence-corrected chi connectivity index (χ2v) is 7.16. The van der Waals surface area contributed by atoms with Crippen LogP contribution in [0.3, 0.4) is 0 Å². The lowest BCUT2D eigenvalue weighted by molar-refractivity contribution is -0.137. The lowest BCUT2D eigenvalue weighted by Gasteiger charge is -2.32. The summed E-state index contributed by atoms with van der Waals surface area (Å²) >= 11 is 6.21. The Morgan fingerprint density at radius 1 is 1.29 bits per heavy atom. The number of morpholine rings is 1. The summed E-state index contributed by atoms with van der Waals surface area (Å²) in [5.41, 5.74) is 3.18. The molecule has 0 aromatic heterocycles. The smallest absolute Gasteiger partial charge is 0.304 e. The Hall–Kier alpha value is -1.79. The highest BCUT2D eigenvalue weighted by Crippen LogP contribution is 2.25. The van der Waals surface area contributed by atoms with Crippen LogP contribution in [0.5, 0.6) is 5.75 Å². The molecule has 1 N–H and O–H groups in total. The van der Waals surface area contributed by atoms with Gasteiger partial charge in [0, 0.05) is 30.2 Å². The molecule has 152 valence electrons. The third-order valence-corrected chi connectivity index (χ3v) is 5.01. The highest BCUT2D eigenvalue weighted by Gasteiger charge is 2.22. The number of hydrogen-bond donors (Lipinski definition) is 1. The number of halogens is 2. The molecule has 1 aliphatic rings. The van der Waals surface area contributed by atoms with E-state index in [0.29, 0.717) is 31.3 Å². The summed E-state index contributed by atoms with van der Waals surface area (Å²) in [6.45, 7) is 5.07. The quantitative estimate of drug-likeness (QED) is 0.707. The highest BCUT2D eigenvalue weighted by molar-refractivity contribution is 6.31. The number of aryl methyl sites for hydroxylation is 1. The maximum atomic E-state index is 10.8. The minimum atomic E-state index is -0.770. The van der Waals surface area contributed by atoms with Crippen molar-refractivity contribution in [2.75, 3.05) is 26.2 Å². The van der Waals surface area contributed by atoms with Crippen LogP contribution in [0.1, 0.15) is 29.2 Å². The average molecular weight is 426 g/mol. The first-order chi connectivity index (χ1) is 13.0. The fraction of sp³-hybridized carbons (Fsp3) is 0.381. The van der Waals surface area contributed by atoms with Crippen molar-refractivity contribution in [2.45, 2.75) is 26.1 Å². The molecule has 1 unspecified atom stereocenters. The maximum absolute atomic E-state index is 10.8. The number of ether oxygens (including phenoxy) is 2. The Morgan fingerprint density at radius 3 is 2.75 bits per heavy atom. The van der Waals surface area contributed by atoms with E-state index in [-0.39, 0.29) is 24.9 Å². The van der Waals surface area contributed by atoms with Crippen LogP contribution in [0.15, 0.2) is 42.5 Å². The second-order valence-electron chi connectivity index (χ2n) is 6.76. The molecule has 28 heavy (non-hydrogen) atoms. The van der Waals surface area contributed by atoms with Crippen molar-refractivity contribution in [3.8, 4) is 5.75 Å². The molecule has 3 rings (SSSR count). The van der Waals surface area contributed by atoms with E-state index in [9.17, 15) is 4.79 Å². The Balaban J connectivity index is 0.00000280. The molecule has 0 aliphatic carbocycles. The normalized spacial score (nSPS) is 17.0. The van der Waals surface area contributed by atoms with Crippen LogP contribution < -0.4 is 4.74 Å². The lowest BCUT2D eigenvalue weighted by atomic mass is 10.1. The zero-order valence-corrected chi connectivity index (χ0v) is 17.3. The van der Waals surface area contributed by atoms with E-state index in [2.05, 4.69) is 4.90 Å². The molecule has 2 aromatic carbocycles. The molecule has 0 spiro atoms. The zero-order valence-electron chi connectivity index (χ0n) is 15.8. The van der Waals surface area contributed by atoms with Gasteiger partial charge in [-0.05, 0) is 30.7 Å². The van der Waals surface area contributed by atoms with Gasteiger partial charge in [-0.25, -0.2) is 0 Å². The first kappa shape index (κ1) is 22.5. The molecule has 0 amide bonds. The summed E-state index contributed by atoms with van der Waals surface area (Å²) in [7, 11) is 0. The second kappa shape index (κ2) is 10.7. The molecule has 1 fully saturated rings. The molecule has 5 nitrogen and oxygen atoms in total. The van der Waals surface area contributed by atoms with Crippen molar-refractivity contribution in [1.29, 1.82) is 0 Å². The standard InChI is InChI=1S/C21H24ClNO4.ClH/c1-15-2-7-19(22)17(12-15)14-27-18-5-3-16(4-6-18)20-13-23(10-11-26-20)9-8-21(24)25;/h2-7,12,20H,8-11,13-14H2,1H3,(H,24,25);1H. The summed E-state index contributed by atoms with van der Waals surface area (Å²) in [4.78, 5) is 12.9. The predicted molar refractivity (Wildman–Crippen MR) is 112 cm³/mol. The molecular formula is C21H25Cl2NO4. The van der Waals surface area contributed by atoms with E-state index >= 15 is 0 Å². The molecule has 1 heterocycles. The van der Waals surface area contributed by atoms with Gasteiger partial charge < -0.3 is 14.6 Å². The third kappa shape index (κ3) is 6.38. The van der Waals surface area contributed by atoms with Gasteiger partial charge in [-0.1, -0.05) is 41.4 Å². The fourth-order valence-electron chi connectivity index (χ4n) is 3.11. The number of carboxylic acids is 1. The summed E-state index contributed by atoms with van der Waals surface area (Å²) in [5.74, 6) is 0.00289. The van der Waals surface area contributed by atoms with Crippen LogP contribution in [0.2, 0.25) is 5.02 Å². The summed E-state index contributed by atoms with van der Waals surface area (Å²) in [5, 5.41) is 9.55. The SMILES string of the molecule is Cc1ccc(Cl)c(COc2ccc(C3CN(CCC(=O)O)CCO3)cc2)c1.Cl. The number of benzene rings is 2. The van der Waals surface area contributed by atoms with Crippen molar-refractivity contribution in [3.05, 3.63) is 64.2 Å².